The Bertz CT molecular complexity index is 1180. The van der Waals surface area contributed by atoms with Crippen molar-refractivity contribution < 1.29 is 24.2 Å². The molecule has 10 heteroatoms. The van der Waals surface area contributed by atoms with Gasteiger partial charge < -0.3 is 15.1 Å². The van der Waals surface area contributed by atoms with Gasteiger partial charge in [0.05, 0.1) is 23.7 Å². The summed E-state index contributed by atoms with van der Waals surface area (Å²) in [5, 5.41) is 20.0. The minimum atomic E-state index is -1.26. The molecule has 2 aliphatic rings. The van der Waals surface area contributed by atoms with Crippen molar-refractivity contribution in [2.24, 2.45) is 0 Å². The Hall–Kier alpha value is -2.91. The molecule has 3 heterocycles. The van der Waals surface area contributed by atoms with Gasteiger partial charge in [0.2, 0.25) is 0 Å². The van der Waals surface area contributed by atoms with E-state index in [9.17, 15) is 29.0 Å². The molecule has 31 heavy (non-hydrogen) atoms. The van der Waals surface area contributed by atoms with Gasteiger partial charge in [-0.2, -0.15) is 0 Å². The summed E-state index contributed by atoms with van der Waals surface area (Å²) in [6.45, 7) is 3.12. The lowest BCUT2D eigenvalue weighted by molar-refractivity contribution is -0.124. The number of aromatic hydroxyl groups is 1. The molecule has 0 unspecified atom stereocenters. The largest absolute Gasteiger partial charge is 0.502 e. The topological polar surface area (TPSA) is 103 Å². The minimum absolute atomic E-state index is 0.0368. The molecule has 164 valence electrons. The Kier molecular flexibility index (Phi) is 5.06. The highest BCUT2D eigenvalue weighted by atomic mass is 35.5. The molecule has 1 aromatic carbocycles. The van der Waals surface area contributed by atoms with Crippen molar-refractivity contribution in [2.45, 2.75) is 32.4 Å². The summed E-state index contributed by atoms with van der Waals surface area (Å²) in [6, 6.07) is 4.13. The summed E-state index contributed by atoms with van der Waals surface area (Å²) >= 11 is 5.82. The lowest BCUT2D eigenvalue weighted by Crippen LogP contribution is -2.42. The van der Waals surface area contributed by atoms with Gasteiger partial charge in [0.25, 0.3) is 17.4 Å². The van der Waals surface area contributed by atoms with Gasteiger partial charge in [-0.25, -0.2) is 4.39 Å². The van der Waals surface area contributed by atoms with Crippen LogP contribution < -0.4 is 10.5 Å². The average Bonchev–Trinajstić information content (AvgIpc) is 2.91. The zero-order valence-corrected chi connectivity index (χ0v) is 17.7. The van der Waals surface area contributed by atoms with Crippen LogP contribution in [0.4, 0.5) is 10.2 Å². The van der Waals surface area contributed by atoms with Crippen LogP contribution in [0, 0.1) is 5.82 Å². The number of carbonyl (C=O) groups is 2. The second kappa shape index (κ2) is 7.35. The third-order valence-corrected chi connectivity index (χ3v) is 6.11. The van der Waals surface area contributed by atoms with Crippen molar-refractivity contribution in [3.05, 3.63) is 56.1 Å². The number of hydrogen-bond acceptors (Lipinski definition) is 5. The first-order valence-electron chi connectivity index (χ1n) is 9.77. The highest BCUT2D eigenvalue weighted by molar-refractivity contribution is 6.30. The summed E-state index contributed by atoms with van der Waals surface area (Å²) in [7, 11) is 0. The molecule has 4 rings (SSSR count). The molecular formula is C21H21ClFN3O5. The van der Waals surface area contributed by atoms with Crippen molar-refractivity contribution in [1.29, 1.82) is 0 Å². The summed E-state index contributed by atoms with van der Waals surface area (Å²) in [4.78, 5) is 41.8. The van der Waals surface area contributed by atoms with Crippen LogP contribution in [-0.2, 0) is 23.3 Å². The van der Waals surface area contributed by atoms with Gasteiger partial charge in [0.15, 0.2) is 5.75 Å². The zero-order valence-electron chi connectivity index (χ0n) is 17.0. The molecule has 0 radical (unpaired) electrons. The summed E-state index contributed by atoms with van der Waals surface area (Å²) in [5.74, 6) is -2.02. The second-order valence-electron chi connectivity index (χ2n) is 8.13. The number of amides is 2. The van der Waals surface area contributed by atoms with Crippen LogP contribution in [-0.4, -0.2) is 51.2 Å². The molecule has 0 fully saturated rings. The third kappa shape index (κ3) is 3.11. The summed E-state index contributed by atoms with van der Waals surface area (Å²) < 4.78 is 14.6. The number of anilines is 1. The van der Waals surface area contributed by atoms with Gasteiger partial charge in [0, 0.05) is 18.7 Å². The van der Waals surface area contributed by atoms with Crippen molar-refractivity contribution >= 4 is 29.2 Å². The number of β-amino-alcohol motifs (C(OH)–C–C–N with tert-alkyl or cyclic N) is 1. The van der Waals surface area contributed by atoms with E-state index in [1.165, 1.54) is 32.6 Å². The van der Waals surface area contributed by atoms with E-state index in [1.54, 1.807) is 13.8 Å². The quantitative estimate of drug-likeness (QED) is 0.738. The van der Waals surface area contributed by atoms with Gasteiger partial charge in [-0.3, -0.25) is 23.9 Å². The number of carbonyl (C=O) groups excluding carboxylic acids is 2. The predicted octanol–water partition coefficient (Wildman–Crippen LogP) is 1.62. The first-order chi connectivity index (χ1) is 14.6. The lowest BCUT2D eigenvalue weighted by Gasteiger charge is -2.31. The number of hydrogen-bond donors (Lipinski definition) is 2. The van der Waals surface area contributed by atoms with Gasteiger partial charge in [-0.05, 0) is 38.0 Å². The van der Waals surface area contributed by atoms with Crippen LogP contribution in [0.1, 0.15) is 35.3 Å². The number of aromatic nitrogens is 1. The van der Waals surface area contributed by atoms with E-state index in [2.05, 4.69) is 0 Å². The molecule has 2 aromatic rings. The highest BCUT2D eigenvalue weighted by Crippen LogP contribution is 2.41. The fraction of sp³-hybridized carbons (Fsp3) is 0.381. The number of fused-ring (bicyclic) bond motifs is 3. The van der Waals surface area contributed by atoms with Crippen LogP contribution >= 0.6 is 11.6 Å². The van der Waals surface area contributed by atoms with Crippen LogP contribution in [0.3, 0.4) is 0 Å². The fourth-order valence-corrected chi connectivity index (χ4v) is 4.52. The van der Waals surface area contributed by atoms with E-state index in [0.717, 1.165) is 0 Å². The molecule has 0 saturated heterocycles. The Morgan fingerprint density at radius 1 is 1.23 bits per heavy atom. The SMILES string of the molecule is CC1(C)C(=O)N(CCO)c2c3c(c(O)c(=O)n21)C(=O)N(Cc1ccc(F)c(Cl)c1)CC3. The first kappa shape index (κ1) is 21.3. The molecule has 0 atom stereocenters. The van der Waals surface area contributed by atoms with Gasteiger partial charge in [-0.15, -0.1) is 0 Å². The van der Waals surface area contributed by atoms with Crippen molar-refractivity contribution in [3.63, 3.8) is 0 Å². The van der Waals surface area contributed by atoms with E-state index in [1.807, 2.05) is 0 Å². The Morgan fingerprint density at radius 2 is 1.94 bits per heavy atom. The number of benzene rings is 1. The van der Waals surface area contributed by atoms with E-state index < -0.39 is 34.5 Å². The maximum absolute atomic E-state index is 13.4. The molecule has 0 bridgehead atoms. The maximum Gasteiger partial charge on any atom is 0.296 e. The molecule has 0 saturated carbocycles. The lowest BCUT2D eigenvalue weighted by atomic mass is 9.97. The first-order valence-corrected chi connectivity index (χ1v) is 10.1. The number of aliphatic hydroxyl groups is 1. The number of nitrogens with zero attached hydrogens (tertiary/aromatic N) is 3. The van der Waals surface area contributed by atoms with Crippen molar-refractivity contribution in [2.75, 3.05) is 24.6 Å². The van der Waals surface area contributed by atoms with E-state index in [4.69, 9.17) is 11.6 Å². The average molecular weight is 450 g/mol. The molecule has 2 aliphatic heterocycles. The van der Waals surface area contributed by atoms with Crippen molar-refractivity contribution in [1.82, 2.24) is 9.47 Å². The summed E-state index contributed by atoms with van der Waals surface area (Å²) in [5.41, 5.74) is -1.27. The van der Waals surface area contributed by atoms with Crippen LogP contribution in [0.2, 0.25) is 5.02 Å². The molecule has 2 amide bonds. The fourth-order valence-electron chi connectivity index (χ4n) is 4.31. The summed E-state index contributed by atoms with van der Waals surface area (Å²) in [6.07, 6.45) is 0.282. The van der Waals surface area contributed by atoms with E-state index in [-0.39, 0.29) is 49.1 Å². The molecule has 8 nitrogen and oxygen atoms in total. The molecule has 1 aromatic heterocycles. The van der Waals surface area contributed by atoms with Crippen LogP contribution in [0.5, 0.6) is 5.75 Å². The third-order valence-electron chi connectivity index (χ3n) is 5.82. The van der Waals surface area contributed by atoms with Gasteiger partial charge in [0.1, 0.15) is 17.2 Å². The Labute approximate surface area is 182 Å². The van der Waals surface area contributed by atoms with Crippen LogP contribution in [0.25, 0.3) is 0 Å². The number of rotatable bonds is 4. The van der Waals surface area contributed by atoms with Crippen molar-refractivity contribution in [3.8, 4) is 5.75 Å². The van der Waals surface area contributed by atoms with Gasteiger partial charge in [-0.1, -0.05) is 17.7 Å². The molecule has 2 N–H and O–H groups in total. The number of aliphatic hydroxyl groups excluding tert-OH is 1. The predicted molar refractivity (Wildman–Crippen MR) is 111 cm³/mol. The normalized spacial score (nSPS) is 17.2. The van der Waals surface area contributed by atoms with E-state index in [0.29, 0.717) is 11.1 Å². The number of halogens is 2. The Balaban J connectivity index is 1.81. The Morgan fingerprint density at radius 3 is 2.58 bits per heavy atom. The standard InChI is InChI=1S/C21H21ClFN3O5/c1-21(2)20(31)25(7-8-27)17-12-5-6-24(10-11-3-4-14(23)13(22)9-11)18(29)15(12)16(28)19(30)26(17)21/h3-4,9,27-28H,5-8,10H2,1-2H3. The second-order valence-corrected chi connectivity index (χ2v) is 8.54. The highest BCUT2D eigenvalue weighted by Gasteiger charge is 2.48. The maximum atomic E-state index is 13.4. The smallest absolute Gasteiger partial charge is 0.296 e. The minimum Gasteiger partial charge on any atom is -0.502 e. The zero-order chi connectivity index (χ0) is 22.7. The van der Waals surface area contributed by atoms with Gasteiger partial charge >= 0.3 is 0 Å². The number of pyridine rings is 1. The van der Waals surface area contributed by atoms with E-state index >= 15 is 0 Å². The monoisotopic (exact) mass is 449 g/mol. The molecular weight excluding hydrogens is 429 g/mol. The van der Waals surface area contributed by atoms with Crippen LogP contribution in [0.15, 0.2) is 23.0 Å². The molecule has 0 spiro atoms. The molecule has 0 aliphatic carbocycles.